The number of nitro groups is 1. The summed E-state index contributed by atoms with van der Waals surface area (Å²) in [6.07, 6.45) is 6.71. The van der Waals surface area contributed by atoms with Gasteiger partial charge in [0, 0.05) is 31.3 Å². The zero-order chi connectivity index (χ0) is 19.4. The maximum absolute atomic E-state index is 13.8. The Hall–Kier alpha value is -1.73. The SMILES string of the molecule is CCOC1CCC(C)(N2CCC(Nc3cccc(F)c3[N+](=O)[O-])CC2)CC1. The molecule has 6 nitrogen and oxygen atoms in total. The summed E-state index contributed by atoms with van der Waals surface area (Å²) in [6, 6.07) is 4.36. The number of hydrogen-bond acceptors (Lipinski definition) is 5. The Morgan fingerprint density at radius 1 is 1.30 bits per heavy atom. The highest BCUT2D eigenvalue weighted by Crippen LogP contribution is 2.37. The molecule has 0 radical (unpaired) electrons. The number of benzene rings is 1. The molecular weight excluding hydrogens is 349 g/mol. The quantitative estimate of drug-likeness (QED) is 0.588. The lowest BCUT2D eigenvalue weighted by atomic mass is 9.79. The minimum absolute atomic E-state index is 0.130. The van der Waals surface area contributed by atoms with Crippen LogP contribution < -0.4 is 5.32 Å². The van der Waals surface area contributed by atoms with Crippen LogP contribution in [0.5, 0.6) is 0 Å². The molecule has 0 atom stereocenters. The molecular formula is C20H30FN3O3. The first-order valence-corrected chi connectivity index (χ1v) is 9.99. The van der Waals surface area contributed by atoms with Gasteiger partial charge in [0.25, 0.3) is 0 Å². The molecule has 2 aliphatic rings. The van der Waals surface area contributed by atoms with Crippen molar-refractivity contribution in [2.75, 3.05) is 25.0 Å². The molecule has 1 saturated heterocycles. The summed E-state index contributed by atoms with van der Waals surface area (Å²) in [5.74, 6) is -0.791. The van der Waals surface area contributed by atoms with Gasteiger partial charge in [0.1, 0.15) is 5.69 Å². The van der Waals surface area contributed by atoms with Crippen LogP contribution in [0.1, 0.15) is 52.4 Å². The molecule has 1 saturated carbocycles. The third kappa shape index (κ3) is 4.58. The van der Waals surface area contributed by atoms with E-state index in [1.807, 2.05) is 0 Å². The van der Waals surface area contributed by atoms with Crippen molar-refractivity contribution in [3.63, 3.8) is 0 Å². The molecule has 1 aliphatic carbocycles. The highest BCUT2D eigenvalue weighted by molar-refractivity contribution is 5.62. The molecule has 1 aromatic rings. The van der Waals surface area contributed by atoms with Crippen LogP contribution in [0.4, 0.5) is 15.8 Å². The highest BCUT2D eigenvalue weighted by Gasteiger charge is 2.38. The fraction of sp³-hybridized carbons (Fsp3) is 0.700. The van der Waals surface area contributed by atoms with Gasteiger partial charge in [0.05, 0.1) is 11.0 Å². The predicted octanol–water partition coefficient (Wildman–Crippen LogP) is 4.35. The molecule has 150 valence electrons. The van der Waals surface area contributed by atoms with E-state index in [1.165, 1.54) is 6.07 Å². The highest BCUT2D eigenvalue weighted by atomic mass is 19.1. The molecule has 27 heavy (non-hydrogen) atoms. The molecule has 1 aliphatic heterocycles. The summed E-state index contributed by atoms with van der Waals surface area (Å²) in [5, 5.41) is 14.4. The number of nitro benzene ring substituents is 1. The van der Waals surface area contributed by atoms with Crippen molar-refractivity contribution >= 4 is 11.4 Å². The second-order valence-electron chi connectivity index (χ2n) is 7.95. The molecule has 0 spiro atoms. The number of halogens is 1. The van der Waals surface area contributed by atoms with E-state index in [9.17, 15) is 14.5 Å². The number of likely N-dealkylation sites (tertiary alicyclic amines) is 1. The second-order valence-corrected chi connectivity index (χ2v) is 7.95. The predicted molar refractivity (Wildman–Crippen MR) is 104 cm³/mol. The first kappa shape index (κ1) is 20.0. The molecule has 0 aromatic heterocycles. The van der Waals surface area contributed by atoms with Crippen LogP contribution in [0.3, 0.4) is 0 Å². The topological polar surface area (TPSA) is 67.6 Å². The van der Waals surface area contributed by atoms with E-state index in [-0.39, 0.29) is 17.3 Å². The van der Waals surface area contributed by atoms with E-state index in [2.05, 4.69) is 24.1 Å². The fourth-order valence-electron chi connectivity index (χ4n) is 4.53. The molecule has 7 heteroatoms. The summed E-state index contributed by atoms with van der Waals surface area (Å²) in [5.41, 5.74) is 0.0340. The summed E-state index contributed by atoms with van der Waals surface area (Å²) in [7, 11) is 0. The van der Waals surface area contributed by atoms with Gasteiger partial charge >= 0.3 is 5.69 Å². The van der Waals surface area contributed by atoms with E-state index >= 15 is 0 Å². The third-order valence-corrected chi connectivity index (χ3v) is 6.20. The Kier molecular flexibility index (Phi) is 6.32. The molecule has 0 unspecified atom stereocenters. The van der Waals surface area contributed by atoms with Gasteiger partial charge in [-0.05, 0) is 64.5 Å². The Bertz CT molecular complexity index is 654. The van der Waals surface area contributed by atoms with Gasteiger partial charge < -0.3 is 10.1 Å². The molecule has 0 amide bonds. The minimum Gasteiger partial charge on any atom is -0.379 e. The summed E-state index contributed by atoms with van der Waals surface area (Å²) < 4.78 is 19.6. The van der Waals surface area contributed by atoms with Crippen molar-refractivity contribution in [1.82, 2.24) is 4.90 Å². The lowest BCUT2D eigenvalue weighted by molar-refractivity contribution is -0.386. The monoisotopic (exact) mass is 379 g/mol. The zero-order valence-corrected chi connectivity index (χ0v) is 16.2. The second kappa shape index (κ2) is 8.52. The van der Waals surface area contributed by atoms with Crippen LogP contribution in [-0.2, 0) is 4.74 Å². The number of nitrogens with zero attached hydrogens (tertiary/aromatic N) is 2. The van der Waals surface area contributed by atoms with E-state index < -0.39 is 16.4 Å². The Balaban J connectivity index is 1.56. The fourth-order valence-corrected chi connectivity index (χ4v) is 4.53. The van der Waals surface area contributed by atoms with Crippen molar-refractivity contribution in [2.45, 2.75) is 70.1 Å². The molecule has 0 bridgehead atoms. The molecule has 1 N–H and O–H groups in total. The van der Waals surface area contributed by atoms with Gasteiger partial charge in [-0.15, -0.1) is 0 Å². The van der Waals surface area contributed by atoms with Crippen molar-refractivity contribution in [2.24, 2.45) is 0 Å². The number of ether oxygens (including phenoxy) is 1. The van der Waals surface area contributed by atoms with Crippen LogP contribution in [0.15, 0.2) is 18.2 Å². The van der Waals surface area contributed by atoms with Crippen LogP contribution in [0.25, 0.3) is 0 Å². The number of nitrogens with one attached hydrogen (secondary N) is 1. The van der Waals surface area contributed by atoms with Gasteiger partial charge in [-0.1, -0.05) is 6.07 Å². The van der Waals surface area contributed by atoms with E-state index in [0.717, 1.165) is 64.3 Å². The first-order valence-electron chi connectivity index (χ1n) is 9.99. The summed E-state index contributed by atoms with van der Waals surface area (Å²) >= 11 is 0. The minimum atomic E-state index is -0.791. The average Bonchev–Trinajstić information content (AvgIpc) is 2.64. The van der Waals surface area contributed by atoms with E-state index in [4.69, 9.17) is 4.74 Å². The normalized spacial score (nSPS) is 27.4. The summed E-state index contributed by atoms with van der Waals surface area (Å²) in [6.45, 7) is 7.09. The third-order valence-electron chi connectivity index (χ3n) is 6.20. The zero-order valence-electron chi connectivity index (χ0n) is 16.2. The summed E-state index contributed by atoms with van der Waals surface area (Å²) in [4.78, 5) is 13.1. The Morgan fingerprint density at radius 2 is 1.96 bits per heavy atom. The molecule has 3 rings (SSSR count). The number of anilines is 1. The van der Waals surface area contributed by atoms with Crippen LogP contribution in [0, 0.1) is 15.9 Å². The maximum Gasteiger partial charge on any atom is 0.327 e. The van der Waals surface area contributed by atoms with Crippen molar-refractivity contribution < 1.29 is 14.1 Å². The van der Waals surface area contributed by atoms with Crippen LogP contribution >= 0.6 is 0 Å². The van der Waals surface area contributed by atoms with Gasteiger partial charge in [0.15, 0.2) is 0 Å². The average molecular weight is 379 g/mol. The number of rotatable bonds is 6. The van der Waals surface area contributed by atoms with Gasteiger partial charge in [0.2, 0.25) is 5.82 Å². The van der Waals surface area contributed by atoms with E-state index in [0.29, 0.717) is 6.10 Å². The lowest BCUT2D eigenvalue weighted by Crippen LogP contribution is -2.53. The van der Waals surface area contributed by atoms with Crippen molar-refractivity contribution in [1.29, 1.82) is 0 Å². The largest absolute Gasteiger partial charge is 0.379 e. The smallest absolute Gasteiger partial charge is 0.327 e. The van der Waals surface area contributed by atoms with E-state index in [1.54, 1.807) is 6.07 Å². The van der Waals surface area contributed by atoms with Crippen LogP contribution in [0.2, 0.25) is 0 Å². The molecule has 1 aromatic carbocycles. The van der Waals surface area contributed by atoms with Crippen molar-refractivity contribution in [3.8, 4) is 0 Å². The van der Waals surface area contributed by atoms with Crippen LogP contribution in [-0.4, -0.2) is 47.2 Å². The number of piperidine rings is 1. The maximum atomic E-state index is 13.8. The number of para-hydroxylation sites is 1. The van der Waals surface area contributed by atoms with Gasteiger partial charge in [-0.3, -0.25) is 15.0 Å². The lowest BCUT2D eigenvalue weighted by Gasteiger charge is -2.48. The molecule has 2 fully saturated rings. The Morgan fingerprint density at radius 3 is 2.56 bits per heavy atom. The molecule has 1 heterocycles. The van der Waals surface area contributed by atoms with Crippen molar-refractivity contribution in [3.05, 3.63) is 34.1 Å². The standard InChI is InChI=1S/C20H30FN3O3/c1-3-27-16-7-11-20(2,12-8-16)23-13-9-15(10-14-23)22-18-6-4-5-17(21)19(18)24(25)26/h4-6,15-16,22H,3,7-14H2,1-2H3. The first-order chi connectivity index (χ1) is 12.9. The number of hydrogen-bond donors (Lipinski definition) is 1. The van der Waals surface area contributed by atoms with Gasteiger partial charge in [-0.25, -0.2) is 0 Å². The van der Waals surface area contributed by atoms with Gasteiger partial charge in [-0.2, -0.15) is 4.39 Å². The Labute approximate surface area is 160 Å².